The average molecular weight is 760 g/mol. The molecule has 310 valence electrons. The van der Waals surface area contributed by atoms with Crippen LogP contribution in [0.25, 0.3) is 0 Å². The molecule has 9 heteroatoms. The van der Waals surface area contributed by atoms with Crippen molar-refractivity contribution in [2.24, 2.45) is 5.73 Å². The normalized spacial score (nSPS) is 13.5. The molecule has 0 rings (SSSR count). The molecule has 3 N–H and O–H groups in total. The summed E-state index contributed by atoms with van der Waals surface area (Å²) in [5.41, 5.74) is 5.35. The lowest BCUT2D eigenvalue weighted by Gasteiger charge is -2.20. The maximum atomic E-state index is 12.5. The first-order valence-electron chi connectivity index (χ1n) is 22.2. The molecule has 0 aromatic carbocycles. The zero-order valence-electron chi connectivity index (χ0n) is 34.3. The molecule has 0 heterocycles. The quantitative estimate of drug-likeness (QED) is 0.0273. The van der Waals surface area contributed by atoms with Gasteiger partial charge in [-0.05, 0) is 38.5 Å². The van der Waals surface area contributed by atoms with Crippen molar-refractivity contribution < 1.29 is 32.8 Å². The van der Waals surface area contributed by atoms with Crippen LogP contribution < -0.4 is 5.73 Å². The molecule has 0 saturated heterocycles. The molecule has 2 unspecified atom stereocenters. The van der Waals surface area contributed by atoms with Gasteiger partial charge in [-0.2, -0.15) is 0 Å². The summed E-state index contributed by atoms with van der Waals surface area (Å²) in [6.45, 7) is 4.93. The predicted molar refractivity (Wildman–Crippen MR) is 220 cm³/mol. The number of carbonyl (C=O) groups is 1. The molecule has 0 aliphatic heterocycles. The fourth-order valence-corrected chi connectivity index (χ4v) is 7.17. The number of phosphoric acid groups is 1. The van der Waals surface area contributed by atoms with E-state index in [1.807, 2.05) is 0 Å². The molecule has 8 nitrogen and oxygen atoms in total. The summed E-state index contributed by atoms with van der Waals surface area (Å²) in [4.78, 5) is 22.4. The topological polar surface area (TPSA) is 117 Å². The number of nitrogens with two attached hydrogens (primary N) is 1. The Morgan fingerprint density at radius 3 is 1.40 bits per heavy atom. The molecule has 0 aromatic heterocycles. The Labute approximate surface area is 322 Å². The minimum Gasteiger partial charge on any atom is -0.457 e. The third-order valence-corrected chi connectivity index (χ3v) is 10.7. The lowest BCUT2D eigenvalue weighted by Crippen LogP contribution is -2.28. The van der Waals surface area contributed by atoms with Gasteiger partial charge in [0, 0.05) is 19.6 Å². The maximum absolute atomic E-state index is 12.5. The van der Waals surface area contributed by atoms with Gasteiger partial charge in [0.25, 0.3) is 0 Å². The molecule has 0 amide bonds. The molecule has 52 heavy (non-hydrogen) atoms. The Hall–Kier alpha value is -0.760. The van der Waals surface area contributed by atoms with Crippen molar-refractivity contribution >= 4 is 13.8 Å². The van der Waals surface area contributed by atoms with Gasteiger partial charge in [-0.1, -0.05) is 187 Å². The van der Waals surface area contributed by atoms with Gasteiger partial charge in [0.1, 0.15) is 6.10 Å². The fourth-order valence-electron chi connectivity index (χ4n) is 6.40. The van der Waals surface area contributed by atoms with Gasteiger partial charge in [0.05, 0.1) is 19.8 Å². The van der Waals surface area contributed by atoms with Crippen LogP contribution in [0.15, 0.2) is 12.2 Å². The number of esters is 1. The first-order valence-corrected chi connectivity index (χ1v) is 23.7. The number of carbonyl (C=O) groups excluding carboxylic acids is 1. The van der Waals surface area contributed by atoms with Crippen molar-refractivity contribution in [1.29, 1.82) is 0 Å². The van der Waals surface area contributed by atoms with E-state index in [1.165, 1.54) is 167 Å². The summed E-state index contributed by atoms with van der Waals surface area (Å²) in [5, 5.41) is 0. The zero-order chi connectivity index (χ0) is 38.1. The summed E-state index contributed by atoms with van der Waals surface area (Å²) in [6.07, 6.45) is 43.9. The number of unbranched alkanes of at least 4 members (excludes halogenated alkanes) is 28. The number of allylic oxidation sites excluding steroid dienone is 2. The Morgan fingerprint density at radius 1 is 0.558 bits per heavy atom. The fraction of sp³-hybridized carbons (Fsp3) is 0.930. The van der Waals surface area contributed by atoms with Crippen LogP contribution in [0.3, 0.4) is 0 Å². The summed E-state index contributed by atoms with van der Waals surface area (Å²) in [5.74, 6) is -0.328. The lowest BCUT2D eigenvalue weighted by molar-refractivity contribution is -0.154. The predicted octanol–water partition coefficient (Wildman–Crippen LogP) is 13.1. The van der Waals surface area contributed by atoms with E-state index in [1.54, 1.807) is 0 Å². The standard InChI is InChI=1S/C43H86NO7P/c1-3-5-7-9-11-13-14-15-16-17-18-19-20-21-22-23-24-25-26-27-28-29-30-32-34-36-43(45)51-42(41-50-52(46,47)49-39-37-44)40-48-38-35-33-31-12-10-8-6-4-2/h17-18,42H,3-16,19-41,44H2,1-2H3,(H,46,47)/b18-17-. The summed E-state index contributed by atoms with van der Waals surface area (Å²) in [7, 11) is -4.26. The van der Waals surface area contributed by atoms with Crippen LogP contribution in [0.4, 0.5) is 0 Å². The number of hydrogen-bond acceptors (Lipinski definition) is 7. The van der Waals surface area contributed by atoms with E-state index >= 15 is 0 Å². The average Bonchev–Trinajstić information content (AvgIpc) is 3.13. The van der Waals surface area contributed by atoms with Crippen LogP contribution in [0, 0.1) is 0 Å². The molecule has 0 aliphatic rings. The Bertz CT molecular complexity index is 812. The van der Waals surface area contributed by atoms with E-state index < -0.39 is 13.9 Å². The molecule has 0 fully saturated rings. The SMILES string of the molecule is CCCCCCCCCC/C=C\CCCCCCCCCCCCCCCC(=O)OC(COCCCCCCCCCC)COP(=O)(O)OCCN. The third kappa shape index (κ3) is 40.4. The molecule has 0 aromatic rings. The van der Waals surface area contributed by atoms with E-state index in [0.717, 1.165) is 32.1 Å². The lowest BCUT2D eigenvalue weighted by atomic mass is 10.0. The maximum Gasteiger partial charge on any atom is 0.472 e. The van der Waals surface area contributed by atoms with Crippen molar-refractivity contribution in [3.63, 3.8) is 0 Å². The van der Waals surface area contributed by atoms with Crippen molar-refractivity contribution in [3.8, 4) is 0 Å². The number of phosphoric ester groups is 1. The van der Waals surface area contributed by atoms with Gasteiger partial charge < -0.3 is 20.1 Å². The van der Waals surface area contributed by atoms with Crippen molar-refractivity contribution in [2.45, 2.75) is 225 Å². The molecule has 0 saturated carbocycles. The van der Waals surface area contributed by atoms with E-state index in [0.29, 0.717) is 13.0 Å². The summed E-state index contributed by atoms with van der Waals surface area (Å²) >= 11 is 0. The van der Waals surface area contributed by atoms with Crippen LogP contribution in [-0.4, -0.2) is 49.9 Å². The molecule has 0 spiro atoms. The molecule has 2 atom stereocenters. The van der Waals surface area contributed by atoms with Crippen molar-refractivity contribution in [2.75, 3.05) is 33.0 Å². The highest BCUT2D eigenvalue weighted by Crippen LogP contribution is 2.43. The highest BCUT2D eigenvalue weighted by atomic mass is 31.2. The number of ether oxygens (including phenoxy) is 2. The zero-order valence-corrected chi connectivity index (χ0v) is 35.2. The molecular weight excluding hydrogens is 673 g/mol. The van der Waals surface area contributed by atoms with Gasteiger partial charge in [0.15, 0.2) is 0 Å². The molecular formula is C43H86NO7P. The van der Waals surface area contributed by atoms with Gasteiger partial charge in [0.2, 0.25) is 0 Å². The summed E-state index contributed by atoms with van der Waals surface area (Å²) < 4.78 is 33.3. The number of hydrogen-bond donors (Lipinski definition) is 2. The Balaban J connectivity index is 3.81. The highest BCUT2D eigenvalue weighted by molar-refractivity contribution is 7.47. The molecule has 0 aliphatic carbocycles. The van der Waals surface area contributed by atoms with E-state index in [4.69, 9.17) is 24.3 Å². The van der Waals surface area contributed by atoms with Crippen LogP contribution in [-0.2, 0) is 27.9 Å². The van der Waals surface area contributed by atoms with Crippen LogP contribution in [0.5, 0.6) is 0 Å². The highest BCUT2D eigenvalue weighted by Gasteiger charge is 2.25. The number of rotatable bonds is 43. The van der Waals surface area contributed by atoms with Gasteiger partial charge in [-0.25, -0.2) is 4.57 Å². The van der Waals surface area contributed by atoms with E-state index in [-0.39, 0.29) is 32.3 Å². The summed E-state index contributed by atoms with van der Waals surface area (Å²) in [6, 6.07) is 0. The Kier molecular flexibility index (Phi) is 40.8. The second-order valence-electron chi connectivity index (χ2n) is 14.9. The second-order valence-corrected chi connectivity index (χ2v) is 16.4. The molecule has 0 bridgehead atoms. The minimum absolute atomic E-state index is 0.0922. The van der Waals surface area contributed by atoms with Gasteiger partial charge in [-0.3, -0.25) is 13.8 Å². The van der Waals surface area contributed by atoms with Crippen molar-refractivity contribution in [3.05, 3.63) is 12.2 Å². The van der Waals surface area contributed by atoms with Gasteiger partial charge >= 0.3 is 13.8 Å². The van der Waals surface area contributed by atoms with Crippen LogP contribution >= 0.6 is 7.82 Å². The van der Waals surface area contributed by atoms with Crippen LogP contribution in [0.2, 0.25) is 0 Å². The van der Waals surface area contributed by atoms with Crippen molar-refractivity contribution in [1.82, 2.24) is 0 Å². The monoisotopic (exact) mass is 760 g/mol. The van der Waals surface area contributed by atoms with E-state index in [2.05, 4.69) is 26.0 Å². The smallest absolute Gasteiger partial charge is 0.457 e. The van der Waals surface area contributed by atoms with Crippen LogP contribution in [0.1, 0.15) is 219 Å². The largest absolute Gasteiger partial charge is 0.472 e. The first kappa shape index (κ1) is 51.2. The molecule has 0 radical (unpaired) electrons. The second kappa shape index (κ2) is 41.4. The first-order chi connectivity index (χ1) is 25.4. The van der Waals surface area contributed by atoms with Gasteiger partial charge in [-0.15, -0.1) is 0 Å². The minimum atomic E-state index is -4.26. The Morgan fingerprint density at radius 2 is 0.962 bits per heavy atom. The van der Waals surface area contributed by atoms with E-state index in [9.17, 15) is 14.3 Å². The third-order valence-electron chi connectivity index (χ3n) is 9.68.